The van der Waals surface area contributed by atoms with Gasteiger partial charge in [0, 0.05) is 0 Å². The van der Waals surface area contributed by atoms with Crippen LogP contribution in [0.4, 0.5) is 13.2 Å². The third-order valence-corrected chi connectivity index (χ3v) is 1.90. The summed E-state index contributed by atoms with van der Waals surface area (Å²) in [5, 5.41) is 14.4. The van der Waals surface area contributed by atoms with Crippen LogP contribution in [-0.4, -0.2) is 13.3 Å². The molecule has 0 radical (unpaired) electrons. The Morgan fingerprint density at radius 1 is 1.24 bits per heavy atom. The van der Waals surface area contributed by atoms with Crippen LogP contribution in [0.2, 0.25) is 0 Å². The molecule has 4 nitrogen and oxygen atoms in total. The molecule has 0 saturated heterocycles. The van der Waals surface area contributed by atoms with Crippen molar-refractivity contribution in [2.45, 2.75) is 12.2 Å². The number of halogens is 3. The number of rotatable bonds is 3. The van der Waals surface area contributed by atoms with Crippen LogP contribution < -0.4 is 56.1 Å². The van der Waals surface area contributed by atoms with Crippen LogP contribution in [0.3, 0.4) is 0 Å². The second kappa shape index (κ2) is 7.32. The van der Waals surface area contributed by atoms with E-state index in [1.807, 2.05) is 5.28 Å². The van der Waals surface area contributed by atoms with Crippen LogP contribution in [0.15, 0.2) is 34.7 Å². The number of alkyl halides is 3. The molecule has 1 atom stereocenters. The average Bonchev–Trinajstić information content (AvgIpc) is 2.25. The average molecular weight is 272 g/mol. The zero-order valence-corrected chi connectivity index (χ0v) is 12.4. The van der Waals surface area contributed by atoms with Gasteiger partial charge in [0.05, 0.1) is 7.11 Å². The molecule has 0 fully saturated rings. The van der Waals surface area contributed by atoms with Crippen LogP contribution in [-0.2, 0) is 0 Å². The van der Waals surface area contributed by atoms with Crippen molar-refractivity contribution in [3.8, 4) is 5.75 Å². The number of methoxy groups -OCH3 is 1. The first-order valence-electron chi connectivity index (χ1n) is 4.22. The summed E-state index contributed by atoms with van der Waals surface area (Å²) in [6, 6.07) is 2.86. The predicted molar refractivity (Wildman–Crippen MR) is 50.0 cm³/mol. The number of hydrogen-bond acceptors (Lipinski definition) is 4. The first kappa shape index (κ1) is 16.8. The van der Waals surface area contributed by atoms with E-state index in [1.54, 1.807) is 0 Å². The Labute approximate surface area is 138 Å². The molecule has 0 spiro atoms. The van der Waals surface area contributed by atoms with Crippen molar-refractivity contribution < 1.29 is 69.3 Å². The van der Waals surface area contributed by atoms with Gasteiger partial charge < -0.3 is 9.94 Å². The smallest absolute Gasteiger partial charge is 0.775 e. The Morgan fingerprint density at radius 2 is 1.76 bits per heavy atom. The van der Waals surface area contributed by atoms with Crippen LogP contribution in [0, 0.1) is 5.21 Å². The molecule has 8 heteroatoms. The number of benzene rings is 1. The van der Waals surface area contributed by atoms with E-state index in [4.69, 9.17) is 4.74 Å². The second-order valence-electron chi connectivity index (χ2n) is 2.91. The maximum absolute atomic E-state index is 12.5. The van der Waals surface area contributed by atoms with E-state index in [-0.39, 0.29) is 56.9 Å². The topological polar surface area (TPSA) is 57.0 Å². The van der Waals surface area contributed by atoms with Gasteiger partial charge in [-0.15, -0.1) is 0 Å². The summed E-state index contributed by atoms with van der Waals surface area (Å²) in [6.07, 6.45) is -4.64. The summed E-state index contributed by atoms with van der Waals surface area (Å²) in [6.45, 7) is 0. The van der Waals surface area contributed by atoms with E-state index >= 15 is 0 Å². The minimum Gasteiger partial charge on any atom is -0.775 e. The summed E-state index contributed by atoms with van der Waals surface area (Å²) >= 11 is 0. The van der Waals surface area contributed by atoms with E-state index in [0.717, 1.165) is 0 Å². The van der Waals surface area contributed by atoms with Crippen molar-refractivity contribution in [2.75, 3.05) is 7.11 Å². The normalized spacial score (nSPS) is 13.2. The van der Waals surface area contributed by atoms with E-state index in [9.17, 15) is 18.4 Å². The first-order chi connectivity index (χ1) is 7.49. The summed E-state index contributed by atoms with van der Waals surface area (Å²) in [5.74, 6) is 0.420. The molecular formula is C9H8F3KN2O2. The molecule has 0 N–H and O–H groups in total. The molecule has 0 amide bonds. The van der Waals surface area contributed by atoms with E-state index in [1.165, 1.54) is 31.4 Å². The quantitative estimate of drug-likeness (QED) is 0.450. The summed E-state index contributed by atoms with van der Waals surface area (Å²) in [7, 11) is 1.40. The largest absolute Gasteiger partial charge is 1.00 e. The third kappa shape index (κ3) is 4.92. The van der Waals surface area contributed by atoms with Gasteiger partial charge in [-0.3, -0.25) is 0 Å². The van der Waals surface area contributed by atoms with Crippen LogP contribution in [0.5, 0.6) is 5.75 Å². The van der Waals surface area contributed by atoms with Crippen LogP contribution in [0.1, 0.15) is 11.6 Å². The van der Waals surface area contributed by atoms with Gasteiger partial charge >= 0.3 is 57.6 Å². The van der Waals surface area contributed by atoms with Crippen LogP contribution in [0.25, 0.3) is 0 Å². The Kier molecular flexibility index (Phi) is 7.25. The van der Waals surface area contributed by atoms with Gasteiger partial charge in [0.25, 0.3) is 0 Å². The van der Waals surface area contributed by atoms with Gasteiger partial charge in [0.2, 0.25) is 0 Å². The van der Waals surface area contributed by atoms with Crippen molar-refractivity contribution in [3.05, 3.63) is 35.0 Å². The number of ether oxygens (including phenoxy) is 1. The fraction of sp³-hybridized carbons (Fsp3) is 0.333. The Bertz CT molecular complexity index is 367. The summed E-state index contributed by atoms with van der Waals surface area (Å²) in [4.78, 5) is 0. The maximum Gasteiger partial charge on any atom is 1.00 e. The molecule has 0 heterocycles. The van der Waals surface area contributed by atoms with Crippen molar-refractivity contribution in [2.24, 2.45) is 10.4 Å². The summed E-state index contributed by atoms with van der Waals surface area (Å²) < 4.78 is 42.2. The monoisotopic (exact) mass is 272 g/mol. The zero-order chi connectivity index (χ0) is 12.2. The Balaban J connectivity index is 0.00000256. The molecule has 0 bridgehead atoms. The molecule has 1 rings (SSSR count). The van der Waals surface area contributed by atoms with Gasteiger partial charge in [-0.1, -0.05) is 12.1 Å². The zero-order valence-electron chi connectivity index (χ0n) is 9.23. The molecule has 0 aliphatic rings. The second-order valence-corrected chi connectivity index (χ2v) is 2.91. The van der Waals surface area contributed by atoms with Gasteiger partial charge in [-0.2, -0.15) is 18.3 Å². The molecule has 88 valence electrons. The summed E-state index contributed by atoms with van der Waals surface area (Å²) in [5.41, 5.74) is -0.159. The minimum absolute atomic E-state index is 0. The number of nitrogens with zero attached hydrogens (tertiary/aromatic N) is 2. The van der Waals surface area contributed by atoms with Gasteiger partial charge in [-0.25, -0.2) is 5.28 Å². The molecule has 0 aliphatic carbocycles. The van der Waals surface area contributed by atoms with Gasteiger partial charge in [-0.05, 0) is 17.7 Å². The van der Waals surface area contributed by atoms with Crippen molar-refractivity contribution in [3.63, 3.8) is 0 Å². The molecular weight excluding hydrogens is 264 g/mol. The molecule has 0 aromatic heterocycles. The molecule has 1 aromatic carbocycles. The maximum atomic E-state index is 12.5. The van der Waals surface area contributed by atoms with E-state index in [0.29, 0.717) is 5.75 Å². The van der Waals surface area contributed by atoms with Crippen molar-refractivity contribution in [1.82, 2.24) is 0 Å². The molecule has 0 aliphatic heterocycles. The minimum atomic E-state index is -4.64. The van der Waals surface area contributed by atoms with Crippen molar-refractivity contribution in [1.29, 1.82) is 0 Å². The molecule has 1 unspecified atom stereocenters. The SMILES string of the molecule is COc1ccc(C(N=N[O-])C(F)(F)F)cc1.[K+]. The predicted octanol–water partition coefficient (Wildman–Crippen LogP) is 0.253. The first-order valence-corrected chi connectivity index (χ1v) is 4.22. The third-order valence-electron chi connectivity index (χ3n) is 1.90. The van der Waals surface area contributed by atoms with E-state index in [2.05, 4.69) is 5.11 Å². The fourth-order valence-electron chi connectivity index (χ4n) is 1.15. The van der Waals surface area contributed by atoms with Gasteiger partial charge in [0.1, 0.15) is 5.75 Å². The van der Waals surface area contributed by atoms with Gasteiger partial charge in [0.15, 0.2) is 6.04 Å². The van der Waals surface area contributed by atoms with E-state index < -0.39 is 12.2 Å². The molecule has 1 aromatic rings. The standard InChI is InChI=1S/C9H9F3N2O2.K/c1-16-7-4-2-6(3-5-7)8(13-14-15)9(10,11)12;/h2-5,8H,1H3,(H,13,15);/q;+1/p-1. The Morgan fingerprint density at radius 3 is 2.12 bits per heavy atom. The number of hydrogen-bond donors (Lipinski definition) is 0. The van der Waals surface area contributed by atoms with Crippen LogP contribution >= 0.6 is 0 Å². The Hall–Kier alpha value is -0.154. The molecule has 17 heavy (non-hydrogen) atoms. The van der Waals surface area contributed by atoms with Crippen molar-refractivity contribution >= 4 is 0 Å². The fourth-order valence-corrected chi connectivity index (χ4v) is 1.15. The molecule has 0 saturated carbocycles.